The van der Waals surface area contributed by atoms with Crippen molar-refractivity contribution in [2.24, 2.45) is 0 Å². The van der Waals surface area contributed by atoms with Crippen molar-refractivity contribution in [3.63, 3.8) is 0 Å². The van der Waals surface area contributed by atoms with E-state index in [-0.39, 0.29) is 5.91 Å². The average molecular weight is 183 g/mol. The van der Waals surface area contributed by atoms with Gasteiger partial charge in [0.2, 0.25) is 5.91 Å². The summed E-state index contributed by atoms with van der Waals surface area (Å²) in [6.45, 7) is 2.02. The Morgan fingerprint density at radius 2 is 2.38 bits per heavy atom. The molecule has 1 N–H and O–H groups in total. The first kappa shape index (κ1) is 9.00. The lowest BCUT2D eigenvalue weighted by Crippen LogP contribution is -2.41. The van der Waals surface area contributed by atoms with Crippen LogP contribution in [-0.4, -0.2) is 24.2 Å². The van der Waals surface area contributed by atoms with Crippen molar-refractivity contribution in [1.29, 1.82) is 0 Å². The summed E-state index contributed by atoms with van der Waals surface area (Å²) in [5, 5.41) is 3.05. The van der Waals surface area contributed by atoms with Crippen LogP contribution in [0.1, 0.15) is 39.0 Å². The zero-order valence-corrected chi connectivity index (χ0v) is 8.08. The molecule has 0 radical (unpaired) electrons. The Morgan fingerprint density at radius 3 is 2.92 bits per heavy atom. The Balaban J connectivity index is 1.79. The lowest BCUT2D eigenvalue weighted by Gasteiger charge is -2.19. The van der Waals surface area contributed by atoms with Gasteiger partial charge < -0.3 is 10.1 Å². The third-order valence-electron chi connectivity index (χ3n) is 2.93. The molecule has 74 valence electrons. The number of rotatable bonds is 3. The highest BCUT2D eigenvalue weighted by Crippen LogP contribution is 2.34. The summed E-state index contributed by atoms with van der Waals surface area (Å²) in [7, 11) is 0. The molecule has 3 nitrogen and oxygen atoms in total. The van der Waals surface area contributed by atoms with Crippen LogP contribution < -0.4 is 5.32 Å². The molecule has 2 fully saturated rings. The minimum atomic E-state index is 0.184. The Kier molecular flexibility index (Phi) is 2.54. The molecule has 2 saturated heterocycles. The highest BCUT2D eigenvalue weighted by molar-refractivity contribution is 5.76. The van der Waals surface area contributed by atoms with Gasteiger partial charge in [-0.3, -0.25) is 4.79 Å². The van der Waals surface area contributed by atoms with Crippen molar-refractivity contribution in [3.05, 3.63) is 0 Å². The fourth-order valence-electron chi connectivity index (χ4n) is 2.30. The maximum absolute atomic E-state index is 11.3. The van der Waals surface area contributed by atoms with E-state index in [9.17, 15) is 4.79 Å². The van der Waals surface area contributed by atoms with Crippen molar-refractivity contribution < 1.29 is 9.53 Å². The molecule has 0 spiro atoms. The van der Waals surface area contributed by atoms with Crippen molar-refractivity contribution in [3.8, 4) is 0 Å². The van der Waals surface area contributed by atoms with Gasteiger partial charge in [0.05, 0.1) is 18.2 Å². The van der Waals surface area contributed by atoms with E-state index in [2.05, 4.69) is 5.32 Å². The van der Waals surface area contributed by atoms with Crippen LogP contribution in [0.2, 0.25) is 0 Å². The molecule has 2 aliphatic rings. The number of nitrogens with one attached hydrogen (secondary N) is 1. The number of ether oxygens (including phenoxy) is 1. The smallest absolute Gasteiger partial charge is 0.220 e. The summed E-state index contributed by atoms with van der Waals surface area (Å²) in [6, 6.07) is 0.304. The van der Waals surface area contributed by atoms with Crippen LogP contribution in [0.25, 0.3) is 0 Å². The highest BCUT2D eigenvalue weighted by Gasteiger charge is 2.41. The number of hydrogen-bond acceptors (Lipinski definition) is 2. The summed E-state index contributed by atoms with van der Waals surface area (Å²) in [5.74, 6) is 0.184. The van der Waals surface area contributed by atoms with Crippen molar-refractivity contribution in [2.45, 2.75) is 57.3 Å². The minimum Gasteiger partial charge on any atom is -0.373 e. The number of hydrogen-bond donors (Lipinski definition) is 1. The number of fused-ring (bicyclic) bond motifs is 2. The molecule has 2 heterocycles. The second kappa shape index (κ2) is 3.66. The molecular formula is C10H17NO2. The van der Waals surface area contributed by atoms with E-state index in [4.69, 9.17) is 4.74 Å². The second-order valence-corrected chi connectivity index (χ2v) is 4.03. The van der Waals surface area contributed by atoms with Crippen molar-refractivity contribution >= 4 is 5.91 Å². The molecule has 13 heavy (non-hydrogen) atoms. The van der Waals surface area contributed by atoms with E-state index in [1.165, 1.54) is 6.42 Å². The van der Waals surface area contributed by atoms with E-state index in [1.807, 2.05) is 6.92 Å². The summed E-state index contributed by atoms with van der Waals surface area (Å²) < 4.78 is 5.65. The molecule has 0 aromatic rings. The first-order valence-electron chi connectivity index (χ1n) is 5.24. The van der Waals surface area contributed by atoms with Crippen molar-refractivity contribution in [2.75, 3.05) is 0 Å². The Morgan fingerprint density at radius 1 is 1.54 bits per heavy atom. The Hall–Kier alpha value is -0.570. The average Bonchev–Trinajstić information content (AvgIpc) is 2.65. The maximum atomic E-state index is 11.3. The van der Waals surface area contributed by atoms with Gasteiger partial charge in [0.15, 0.2) is 0 Å². The van der Waals surface area contributed by atoms with Gasteiger partial charge in [-0.25, -0.2) is 0 Å². The van der Waals surface area contributed by atoms with Gasteiger partial charge >= 0.3 is 0 Å². The fourth-order valence-corrected chi connectivity index (χ4v) is 2.30. The predicted octanol–water partition coefficient (Wildman–Crippen LogP) is 1.22. The predicted molar refractivity (Wildman–Crippen MR) is 49.4 cm³/mol. The number of carbonyl (C=O) groups is 1. The molecule has 0 unspecified atom stereocenters. The summed E-state index contributed by atoms with van der Waals surface area (Å²) >= 11 is 0. The largest absolute Gasteiger partial charge is 0.373 e. The third-order valence-corrected chi connectivity index (χ3v) is 2.93. The van der Waals surface area contributed by atoms with Gasteiger partial charge in [-0.2, -0.15) is 0 Å². The van der Waals surface area contributed by atoms with Crippen LogP contribution in [0.4, 0.5) is 0 Å². The monoisotopic (exact) mass is 183 g/mol. The van der Waals surface area contributed by atoms with E-state index < -0.39 is 0 Å². The van der Waals surface area contributed by atoms with E-state index >= 15 is 0 Å². The van der Waals surface area contributed by atoms with Gasteiger partial charge in [0.1, 0.15) is 0 Å². The first-order chi connectivity index (χ1) is 6.29. The van der Waals surface area contributed by atoms with E-state index in [0.717, 1.165) is 19.3 Å². The normalized spacial score (nSPS) is 36.5. The zero-order chi connectivity index (χ0) is 9.26. The minimum absolute atomic E-state index is 0.184. The molecule has 2 aliphatic heterocycles. The molecule has 3 heteroatoms. The molecule has 3 atom stereocenters. The van der Waals surface area contributed by atoms with Crippen LogP contribution in [0.15, 0.2) is 0 Å². The van der Waals surface area contributed by atoms with E-state index in [1.54, 1.807) is 0 Å². The van der Waals surface area contributed by atoms with E-state index in [0.29, 0.717) is 24.7 Å². The van der Waals surface area contributed by atoms with Crippen molar-refractivity contribution in [1.82, 2.24) is 5.32 Å². The molecule has 2 rings (SSSR count). The second-order valence-electron chi connectivity index (χ2n) is 4.03. The molecule has 0 aliphatic carbocycles. The van der Waals surface area contributed by atoms with Gasteiger partial charge in [0.25, 0.3) is 0 Å². The summed E-state index contributed by atoms with van der Waals surface area (Å²) in [6.07, 6.45) is 5.65. The number of carbonyl (C=O) groups excluding carboxylic acids is 1. The van der Waals surface area contributed by atoms with Crippen LogP contribution in [0, 0.1) is 0 Å². The van der Waals surface area contributed by atoms with Gasteiger partial charge in [0, 0.05) is 6.42 Å². The number of amides is 1. The lowest BCUT2D eigenvalue weighted by molar-refractivity contribution is -0.122. The van der Waals surface area contributed by atoms with Crippen LogP contribution in [0.5, 0.6) is 0 Å². The van der Waals surface area contributed by atoms with Crippen LogP contribution >= 0.6 is 0 Å². The van der Waals surface area contributed by atoms with Gasteiger partial charge in [-0.15, -0.1) is 0 Å². The molecule has 0 saturated carbocycles. The lowest BCUT2D eigenvalue weighted by atomic mass is 9.95. The van der Waals surface area contributed by atoms with Gasteiger partial charge in [-0.1, -0.05) is 6.92 Å². The molecular weight excluding hydrogens is 166 g/mol. The quantitative estimate of drug-likeness (QED) is 0.714. The Bertz CT molecular complexity index is 205. The zero-order valence-electron chi connectivity index (χ0n) is 8.08. The SMILES string of the molecule is CCCC(=O)N[C@@H]1C[C@H]2CC[C@@H]1O2. The molecule has 1 amide bonds. The van der Waals surface area contributed by atoms with Crippen LogP contribution in [0.3, 0.4) is 0 Å². The summed E-state index contributed by atoms with van der Waals surface area (Å²) in [5.41, 5.74) is 0. The fraction of sp³-hybridized carbons (Fsp3) is 0.900. The third kappa shape index (κ3) is 1.85. The topological polar surface area (TPSA) is 38.3 Å². The van der Waals surface area contributed by atoms with Gasteiger partial charge in [-0.05, 0) is 25.7 Å². The standard InChI is InChI=1S/C10H17NO2/c1-2-3-10(12)11-8-6-7-4-5-9(8)13-7/h7-9H,2-6H2,1H3,(H,11,12)/t7-,8-,9+/m1/s1. The summed E-state index contributed by atoms with van der Waals surface area (Å²) in [4.78, 5) is 11.3. The maximum Gasteiger partial charge on any atom is 0.220 e. The molecule has 0 aromatic carbocycles. The Labute approximate surface area is 78.8 Å². The molecule has 0 aromatic heterocycles. The van der Waals surface area contributed by atoms with Crippen LogP contribution in [-0.2, 0) is 9.53 Å². The molecule has 2 bridgehead atoms. The highest BCUT2D eigenvalue weighted by atomic mass is 16.5. The first-order valence-corrected chi connectivity index (χ1v) is 5.24.